The van der Waals surface area contributed by atoms with Gasteiger partial charge in [0.1, 0.15) is 11.8 Å². The molecule has 1 heterocycles. The van der Waals surface area contributed by atoms with Crippen molar-refractivity contribution in [3.63, 3.8) is 0 Å². The zero-order valence-electron chi connectivity index (χ0n) is 16.0. The lowest BCUT2D eigenvalue weighted by Crippen LogP contribution is -2.48. The Morgan fingerprint density at radius 1 is 1.11 bits per heavy atom. The van der Waals surface area contributed by atoms with Gasteiger partial charge in [-0.25, -0.2) is 0 Å². The number of carbonyl (C=O) groups excluding carboxylic acids is 3. The number of imide groups is 1. The number of anilines is 1. The molecule has 1 aliphatic carbocycles. The molecule has 1 N–H and O–H groups in total. The van der Waals surface area contributed by atoms with Gasteiger partial charge in [-0.15, -0.1) is 0 Å². The molecule has 1 aromatic carbocycles. The topological polar surface area (TPSA) is 75.7 Å². The van der Waals surface area contributed by atoms with E-state index in [2.05, 4.69) is 5.32 Å². The second kappa shape index (κ2) is 7.94. The van der Waals surface area contributed by atoms with Gasteiger partial charge < -0.3 is 10.1 Å². The highest BCUT2D eigenvalue weighted by Crippen LogP contribution is 2.37. The Bertz CT molecular complexity index is 728. The molecular weight excluding hydrogens is 344 g/mol. The maximum absolute atomic E-state index is 13.0. The molecule has 0 radical (unpaired) electrons. The quantitative estimate of drug-likeness (QED) is 0.617. The third kappa shape index (κ3) is 3.89. The zero-order valence-corrected chi connectivity index (χ0v) is 16.0. The van der Waals surface area contributed by atoms with Gasteiger partial charge in [0.05, 0.1) is 18.9 Å². The summed E-state index contributed by atoms with van der Waals surface area (Å²) in [6.07, 6.45) is 5.47. The van der Waals surface area contributed by atoms with Crippen LogP contribution >= 0.6 is 0 Å². The molecule has 3 amide bonds. The van der Waals surface area contributed by atoms with Crippen molar-refractivity contribution in [3.05, 3.63) is 36.4 Å². The smallest absolute Gasteiger partial charge is 0.247 e. The Morgan fingerprint density at radius 2 is 1.67 bits per heavy atom. The Morgan fingerprint density at radius 3 is 2.15 bits per heavy atom. The van der Waals surface area contributed by atoms with E-state index in [1.54, 1.807) is 31.4 Å². The van der Waals surface area contributed by atoms with Gasteiger partial charge in [0.2, 0.25) is 17.7 Å². The summed E-state index contributed by atoms with van der Waals surface area (Å²) in [6, 6.07) is 6.18. The van der Waals surface area contributed by atoms with Crippen molar-refractivity contribution >= 4 is 23.4 Å². The molecule has 1 fully saturated rings. The van der Waals surface area contributed by atoms with E-state index >= 15 is 0 Å². The Kier molecular flexibility index (Phi) is 5.63. The normalized spacial score (nSPS) is 22.7. The van der Waals surface area contributed by atoms with Gasteiger partial charge in [0.15, 0.2) is 0 Å². The van der Waals surface area contributed by atoms with E-state index < -0.39 is 6.04 Å². The van der Waals surface area contributed by atoms with Crippen LogP contribution in [0.1, 0.15) is 33.1 Å². The fraction of sp³-hybridized carbons (Fsp3) is 0.476. The van der Waals surface area contributed by atoms with E-state index in [9.17, 15) is 14.4 Å². The number of likely N-dealkylation sites (tertiary alicyclic amines) is 1. The lowest BCUT2D eigenvalue weighted by Gasteiger charge is -2.27. The van der Waals surface area contributed by atoms with Crippen molar-refractivity contribution in [2.24, 2.45) is 17.8 Å². The summed E-state index contributed by atoms with van der Waals surface area (Å²) in [5.74, 6) is -0.569. The summed E-state index contributed by atoms with van der Waals surface area (Å²) in [5.41, 5.74) is 0.604. The molecule has 6 nitrogen and oxygen atoms in total. The molecule has 3 unspecified atom stereocenters. The number of nitrogens with one attached hydrogen (secondary N) is 1. The van der Waals surface area contributed by atoms with Crippen molar-refractivity contribution < 1.29 is 19.1 Å². The summed E-state index contributed by atoms with van der Waals surface area (Å²) in [6.45, 7) is 3.96. The van der Waals surface area contributed by atoms with E-state index in [1.165, 1.54) is 4.90 Å². The van der Waals surface area contributed by atoms with E-state index in [-0.39, 0.29) is 35.5 Å². The number of fused-ring (bicyclic) bond motifs is 1. The molecule has 6 heteroatoms. The van der Waals surface area contributed by atoms with Crippen LogP contribution in [-0.2, 0) is 14.4 Å². The molecule has 0 saturated carbocycles. The van der Waals surface area contributed by atoms with Crippen molar-refractivity contribution in [2.75, 3.05) is 12.4 Å². The molecule has 2 aliphatic rings. The fourth-order valence-electron chi connectivity index (χ4n) is 3.81. The highest BCUT2D eigenvalue weighted by atomic mass is 16.5. The molecule has 0 aromatic heterocycles. The zero-order chi connectivity index (χ0) is 19.6. The number of allylic oxidation sites excluding steroid dienone is 2. The van der Waals surface area contributed by atoms with Crippen LogP contribution in [-0.4, -0.2) is 35.8 Å². The highest BCUT2D eigenvalue weighted by molar-refractivity contribution is 6.10. The first-order valence-electron chi connectivity index (χ1n) is 9.39. The van der Waals surface area contributed by atoms with Gasteiger partial charge in [0, 0.05) is 5.69 Å². The van der Waals surface area contributed by atoms with Crippen molar-refractivity contribution in [1.29, 1.82) is 0 Å². The number of rotatable bonds is 6. The van der Waals surface area contributed by atoms with Crippen LogP contribution < -0.4 is 10.1 Å². The van der Waals surface area contributed by atoms with Gasteiger partial charge in [-0.3, -0.25) is 19.3 Å². The van der Waals surface area contributed by atoms with Gasteiger partial charge >= 0.3 is 0 Å². The highest BCUT2D eigenvalue weighted by Gasteiger charge is 2.51. The molecule has 3 atom stereocenters. The van der Waals surface area contributed by atoms with E-state index in [4.69, 9.17) is 4.74 Å². The average Bonchev–Trinajstić information content (AvgIpc) is 2.91. The lowest BCUT2D eigenvalue weighted by molar-refractivity contribution is -0.147. The number of carbonyl (C=O) groups is 3. The number of amides is 3. The second-order valence-corrected chi connectivity index (χ2v) is 7.57. The average molecular weight is 370 g/mol. The van der Waals surface area contributed by atoms with Gasteiger partial charge in [-0.2, -0.15) is 0 Å². The van der Waals surface area contributed by atoms with E-state index in [0.717, 1.165) is 0 Å². The fourth-order valence-corrected chi connectivity index (χ4v) is 3.81. The molecule has 27 heavy (non-hydrogen) atoms. The monoisotopic (exact) mass is 370 g/mol. The minimum atomic E-state index is -0.794. The largest absolute Gasteiger partial charge is 0.497 e. The third-order valence-corrected chi connectivity index (χ3v) is 5.21. The standard InChI is InChI=1S/C21H26N2O4/c1-13(2)12-18(19(24)22-14-8-10-15(27-3)11-9-14)23-20(25)16-6-4-5-7-17(16)21(23)26/h4-5,8-11,13,16-18H,6-7,12H2,1-3H3,(H,22,24). The van der Waals surface area contributed by atoms with Gasteiger partial charge in [0.25, 0.3) is 0 Å². The van der Waals surface area contributed by atoms with Crippen LogP contribution in [0.5, 0.6) is 5.75 Å². The van der Waals surface area contributed by atoms with Crippen molar-refractivity contribution in [2.45, 2.75) is 39.2 Å². The Labute approximate surface area is 159 Å². The molecule has 1 saturated heterocycles. The predicted octanol–water partition coefficient (Wildman–Crippen LogP) is 3.00. The molecule has 0 bridgehead atoms. The first-order chi connectivity index (χ1) is 12.9. The number of benzene rings is 1. The maximum atomic E-state index is 13.0. The molecular formula is C21H26N2O4. The maximum Gasteiger partial charge on any atom is 0.247 e. The summed E-state index contributed by atoms with van der Waals surface area (Å²) < 4.78 is 5.12. The number of hydrogen-bond donors (Lipinski definition) is 1. The summed E-state index contributed by atoms with van der Waals surface area (Å²) in [5, 5.41) is 2.84. The van der Waals surface area contributed by atoms with E-state index in [1.807, 2.05) is 26.0 Å². The minimum Gasteiger partial charge on any atom is -0.497 e. The Balaban J connectivity index is 1.81. The van der Waals surface area contributed by atoms with Crippen LogP contribution in [0.25, 0.3) is 0 Å². The van der Waals surface area contributed by atoms with E-state index in [0.29, 0.717) is 30.7 Å². The number of hydrogen-bond acceptors (Lipinski definition) is 4. The molecule has 0 spiro atoms. The van der Waals surface area contributed by atoms with Crippen molar-refractivity contribution in [1.82, 2.24) is 4.90 Å². The van der Waals surface area contributed by atoms with Crippen LogP contribution in [0.15, 0.2) is 36.4 Å². The first kappa shape index (κ1) is 19.1. The minimum absolute atomic E-state index is 0.165. The lowest BCUT2D eigenvalue weighted by atomic mass is 9.85. The summed E-state index contributed by atoms with van der Waals surface area (Å²) in [4.78, 5) is 40.0. The second-order valence-electron chi connectivity index (χ2n) is 7.57. The van der Waals surface area contributed by atoms with Crippen LogP contribution in [0.4, 0.5) is 5.69 Å². The van der Waals surface area contributed by atoms with Gasteiger partial charge in [-0.05, 0) is 49.4 Å². The number of ether oxygens (including phenoxy) is 1. The SMILES string of the molecule is COc1ccc(NC(=O)C(CC(C)C)N2C(=O)C3CC=CCC3C2=O)cc1. The van der Waals surface area contributed by atoms with Crippen molar-refractivity contribution in [3.8, 4) is 5.75 Å². The van der Waals surface area contributed by atoms with Crippen LogP contribution in [0.3, 0.4) is 0 Å². The van der Waals surface area contributed by atoms with Gasteiger partial charge in [-0.1, -0.05) is 26.0 Å². The predicted molar refractivity (Wildman–Crippen MR) is 102 cm³/mol. The number of methoxy groups -OCH3 is 1. The summed E-state index contributed by atoms with van der Waals surface area (Å²) in [7, 11) is 1.57. The third-order valence-electron chi connectivity index (χ3n) is 5.21. The Hall–Kier alpha value is -2.63. The molecule has 1 aromatic rings. The number of nitrogens with zero attached hydrogens (tertiary/aromatic N) is 1. The molecule has 1 aliphatic heterocycles. The molecule has 3 rings (SSSR count). The van der Waals surface area contributed by atoms with Crippen LogP contribution in [0, 0.1) is 17.8 Å². The molecule has 144 valence electrons. The van der Waals surface area contributed by atoms with Crippen LogP contribution in [0.2, 0.25) is 0 Å². The first-order valence-corrected chi connectivity index (χ1v) is 9.39. The summed E-state index contributed by atoms with van der Waals surface area (Å²) >= 11 is 0.